The molecule has 8 nitrogen and oxygen atoms in total. The van der Waals surface area contributed by atoms with Gasteiger partial charge in [0.2, 0.25) is 5.82 Å². The van der Waals surface area contributed by atoms with Crippen LogP contribution in [-0.2, 0) is 9.53 Å². The highest BCUT2D eigenvalue weighted by molar-refractivity contribution is 9.11. The molecule has 0 amide bonds. The van der Waals surface area contributed by atoms with Gasteiger partial charge in [-0.05, 0) is 92.9 Å². The van der Waals surface area contributed by atoms with Gasteiger partial charge in [0.25, 0.3) is 5.56 Å². The fourth-order valence-electron chi connectivity index (χ4n) is 3.76. The van der Waals surface area contributed by atoms with Crippen LogP contribution in [0.2, 0.25) is 5.02 Å². The van der Waals surface area contributed by atoms with Crippen LogP contribution in [0.5, 0.6) is 5.75 Å². The summed E-state index contributed by atoms with van der Waals surface area (Å²) in [5.74, 6) is 0.569. The fraction of sp³-hybridized carbons (Fsp3) is 0.111. The second-order valence-electron chi connectivity index (χ2n) is 8.01. The number of fused-ring (bicyclic) bond motifs is 2. The molecule has 0 radical (unpaired) electrons. The van der Waals surface area contributed by atoms with Gasteiger partial charge in [0, 0.05) is 10.4 Å². The number of halogens is 3. The largest absolute Gasteiger partial charge is 0.480 e. The van der Waals surface area contributed by atoms with Crippen molar-refractivity contribution in [2.45, 2.75) is 6.92 Å². The second kappa shape index (κ2) is 11.1. The summed E-state index contributed by atoms with van der Waals surface area (Å²) >= 11 is 13.1. The Labute approximate surface area is 238 Å². The van der Waals surface area contributed by atoms with E-state index in [1.807, 2.05) is 6.07 Å². The summed E-state index contributed by atoms with van der Waals surface area (Å²) in [6.07, 6.45) is 1.52. The topological polar surface area (TPSA) is 95.9 Å². The van der Waals surface area contributed by atoms with E-state index in [1.54, 1.807) is 61.5 Å². The maximum Gasteiger partial charge on any atom is 0.344 e. The number of ether oxygens (including phenoxy) is 2. The van der Waals surface area contributed by atoms with Crippen LogP contribution in [0.1, 0.15) is 12.5 Å². The molecule has 11 heteroatoms. The molecular formula is C27H18Br2ClN3O5. The van der Waals surface area contributed by atoms with E-state index in [4.69, 9.17) is 25.5 Å². The summed E-state index contributed by atoms with van der Waals surface area (Å²) in [6.45, 7) is 1.76. The van der Waals surface area contributed by atoms with Crippen LogP contribution in [-0.4, -0.2) is 35.1 Å². The molecule has 0 saturated heterocycles. The number of benzene rings is 3. The molecule has 3 aromatic carbocycles. The average molecular weight is 660 g/mol. The third-order valence-electron chi connectivity index (χ3n) is 5.44. The van der Waals surface area contributed by atoms with E-state index in [2.05, 4.69) is 41.9 Å². The molecule has 5 rings (SSSR count). The number of hydrogen-bond acceptors (Lipinski definition) is 7. The van der Waals surface area contributed by atoms with E-state index in [0.717, 1.165) is 5.39 Å². The van der Waals surface area contributed by atoms with Gasteiger partial charge in [-0.15, -0.1) is 0 Å². The summed E-state index contributed by atoms with van der Waals surface area (Å²) in [5.41, 5.74) is 1.42. The quantitative estimate of drug-likeness (QED) is 0.141. The Bertz CT molecular complexity index is 1760. The number of furan rings is 1. The van der Waals surface area contributed by atoms with E-state index in [9.17, 15) is 9.59 Å². The standard InChI is InChI=1S/C27H18Br2ClN3O5/c1-2-36-24(34)14-37-25-19(28)9-15(10-20(25)29)13-31-33-26(32-21-6-4-3-5-18(21)27(33)35)23-12-16-11-17(30)7-8-22(16)38-23/h3-13H,2,14H2,1H3. The minimum absolute atomic E-state index is 0.233. The number of rotatable bonds is 7. The third-order valence-corrected chi connectivity index (χ3v) is 6.85. The number of nitrogens with zero attached hydrogens (tertiary/aromatic N) is 3. The van der Waals surface area contributed by atoms with Crippen molar-refractivity contribution in [2.75, 3.05) is 13.2 Å². The Hall–Kier alpha value is -3.47. The molecular weight excluding hydrogens is 642 g/mol. The molecule has 0 spiro atoms. The van der Waals surface area contributed by atoms with Gasteiger partial charge >= 0.3 is 5.97 Å². The van der Waals surface area contributed by atoms with Crippen molar-refractivity contribution in [3.63, 3.8) is 0 Å². The Kier molecular flexibility index (Phi) is 7.64. The Morgan fingerprint density at radius 2 is 1.89 bits per heavy atom. The Morgan fingerprint density at radius 3 is 2.66 bits per heavy atom. The number of aromatic nitrogens is 2. The molecule has 0 N–H and O–H groups in total. The zero-order chi connectivity index (χ0) is 26.8. The minimum atomic E-state index is -0.472. The minimum Gasteiger partial charge on any atom is -0.480 e. The smallest absolute Gasteiger partial charge is 0.344 e. The predicted octanol–water partition coefficient (Wildman–Crippen LogP) is 6.81. The van der Waals surface area contributed by atoms with E-state index >= 15 is 0 Å². The summed E-state index contributed by atoms with van der Waals surface area (Å²) in [6, 6.07) is 17.6. The van der Waals surface area contributed by atoms with Gasteiger partial charge in [-0.2, -0.15) is 9.78 Å². The molecule has 0 bridgehead atoms. The molecule has 0 aliphatic rings. The van der Waals surface area contributed by atoms with Gasteiger partial charge < -0.3 is 13.9 Å². The molecule has 2 heterocycles. The lowest BCUT2D eigenvalue weighted by molar-refractivity contribution is -0.145. The van der Waals surface area contributed by atoms with Crippen molar-refractivity contribution in [1.82, 2.24) is 9.66 Å². The highest BCUT2D eigenvalue weighted by atomic mass is 79.9. The summed E-state index contributed by atoms with van der Waals surface area (Å²) in [4.78, 5) is 29.8. The molecule has 0 saturated carbocycles. The number of carbonyl (C=O) groups excluding carboxylic acids is 1. The first-order valence-electron chi connectivity index (χ1n) is 11.4. The van der Waals surface area contributed by atoms with E-state index in [0.29, 0.717) is 47.5 Å². The van der Waals surface area contributed by atoms with Crippen LogP contribution >= 0.6 is 43.5 Å². The van der Waals surface area contributed by atoms with Gasteiger partial charge in [0.05, 0.1) is 32.7 Å². The molecule has 0 unspecified atom stereocenters. The molecule has 0 fully saturated rings. The van der Waals surface area contributed by atoms with Crippen molar-refractivity contribution in [3.05, 3.63) is 90.5 Å². The zero-order valence-corrected chi connectivity index (χ0v) is 23.7. The molecule has 5 aromatic rings. The van der Waals surface area contributed by atoms with Crippen LogP contribution < -0.4 is 10.3 Å². The van der Waals surface area contributed by atoms with Gasteiger partial charge in [-0.1, -0.05) is 23.7 Å². The predicted molar refractivity (Wildman–Crippen MR) is 153 cm³/mol. The highest BCUT2D eigenvalue weighted by Gasteiger charge is 2.17. The second-order valence-corrected chi connectivity index (χ2v) is 10.2. The van der Waals surface area contributed by atoms with Crippen molar-refractivity contribution in [2.24, 2.45) is 5.10 Å². The van der Waals surface area contributed by atoms with E-state index in [-0.39, 0.29) is 24.6 Å². The molecule has 192 valence electrons. The first-order valence-corrected chi connectivity index (χ1v) is 13.3. The first-order chi connectivity index (χ1) is 18.3. The number of carbonyl (C=O) groups is 1. The molecule has 2 aromatic heterocycles. The number of esters is 1. The molecule has 0 aliphatic heterocycles. The molecule has 0 aliphatic carbocycles. The fourth-order valence-corrected chi connectivity index (χ4v) is 5.40. The van der Waals surface area contributed by atoms with Crippen molar-refractivity contribution >= 4 is 77.5 Å². The Morgan fingerprint density at radius 1 is 1.13 bits per heavy atom. The maximum atomic E-state index is 13.5. The normalized spacial score (nSPS) is 11.5. The lowest BCUT2D eigenvalue weighted by atomic mass is 10.2. The Balaban J connectivity index is 1.56. The van der Waals surface area contributed by atoms with Crippen LogP contribution in [0, 0.1) is 0 Å². The summed E-state index contributed by atoms with van der Waals surface area (Å²) in [7, 11) is 0. The third kappa shape index (κ3) is 5.38. The highest BCUT2D eigenvalue weighted by Crippen LogP contribution is 2.34. The van der Waals surface area contributed by atoms with Crippen LogP contribution in [0.25, 0.3) is 33.5 Å². The number of para-hydroxylation sites is 1. The van der Waals surface area contributed by atoms with Gasteiger partial charge in [0.1, 0.15) is 11.3 Å². The first kappa shape index (κ1) is 26.1. The van der Waals surface area contributed by atoms with E-state index < -0.39 is 5.97 Å². The maximum absolute atomic E-state index is 13.5. The van der Waals surface area contributed by atoms with Gasteiger partial charge in [-0.25, -0.2) is 9.78 Å². The summed E-state index contributed by atoms with van der Waals surface area (Å²) < 4.78 is 18.8. The average Bonchev–Trinajstić information content (AvgIpc) is 3.31. The van der Waals surface area contributed by atoms with Crippen LogP contribution in [0.4, 0.5) is 0 Å². The lowest BCUT2D eigenvalue weighted by Crippen LogP contribution is -2.20. The van der Waals surface area contributed by atoms with Crippen molar-refractivity contribution < 1.29 is 18.7 Å². The summed E-state index contributed by atoms with van der Waals surface area (Å²) in [5, 5.41) is 6.23. The lowest BCUT2D eigenvalue weighted by Gasteiger charge is -2.11. The molecule has 0 atom stereocenters. The zero-order valence-electron chi connectivity index (χ0n) is 19.8. The number of hydrogen-bond donors (Lipinski definition) is 0. The van der Waals surface area contributed by atoms with Crippen molar-refractivity contribution in [1.29, 1.82) is 0 Å². The van der Waals surface area contributed by atoms with Gasteiger partial charge in [-0.3, -0.25) is 4.79 Å². The van der Waals surface area contributed by atoms with Crippen LogP contribution in [0.15, 0.2) is 83.9 Å². The SMILES string of the molecule is CCOC(=O)COc1c(Br)cc(C=Nn2c(-c3cc4cc(Cl)ccc4o3)nc3ccccc3c2=O)cc1Br. The van der Waals surface area contributed by atoms with Crippen LogP contribution in [0.3, 0.4) is 0 Å². The molecule has 38 heavy (non-hydrogen) atoms. The monoisotopic (exact) mass is 657 g/mol. The van der Waals surface area contributed by atoms with E-state index in [1.165, 1.54) is 10.9 Å². The van der Waals surface area contributed by atoms with Gasteiger partial charge in [0.15, 0.2) is 12.4 Å². The van der Waals surface area contributed by atoms with Crippen molar-refractivity contribution in [3.8, 4) is 17.3 Å².